The lowest BCUT2D eigenvalue weighted by atomic mass is 10.3. The lowest BCUT2D eigenvalue weighted by Gasteiger charge is -2.31. The van der Waals surface area contributed by atoms with E-state index in [0.29, 0.717) is 32.0 Å². The van der Waals surface area contributed by atoms with E-state index in [0.717, 1.165) is 0 Å². The van der Waals surface area contributed by atoms with Crippen LogP contribution in [0.15, 0.2) is 30.3 Å². The molecule has 0 aromatic heterocycles. The largest absolute Gasteiger partial charge is 0.379 e. The second kappa shape index (κ2) is 5.03. The molecule has 1 fully saturated rings. The summed E-state index contributed by atoms with van der Waals surface area (Å²) in [5, 5.41) is 0. The van der Waals surface area contributed by atoms with Gasteiger partial charge in [-0.15, -0.1) is 0 Å². The third-order valence-electron chi connectivity index (χ3n) is 2.76. The Morgan fingerprint density at radius 3 is 2.35 bits per heavy atom. The summed E-state index contributed by atoms with van der Waals surface area (Å²) in [6.45, 7) is 1.75. The second-order valence-corrected chi connectivity index (χ2v) is 5.78. The molecule has 0 unspecified atom stereocenters. The fourth-order valence-corrected chi connectivity index (χ4v) is 3.07. The van der Waals surface area contributed by atoms with Crippen molar-refractivity contribution in [2.45, 2.75) is 0 Å². The van der Waals surface area contributed by atoms with Crippen LogP contribution in [0.5, 0.6) is 0 Å². The van der Waals surface area contributed by atoms with Crippen molar-refractivity contribution < 1.29 is 13.2 Å². The van der Waals surface area contributed by atoms with Crippen LogP contribution in [-0.4, -0.2) is 46.1 Å². The van der Waals surface area contributed by atoms with Gasteiger partial charge < -0.3 is 4.74 Å². The van der Waals surface area contributed by atoms with Crippen LogP contribution in [0.4, 0.5) is 5.69 Å². The molecule has 0 spiro atoms. The molecular formula is C11H16N2O3S. The highest BCUT2D eigenvalue weighted by Gasteiger charge is 2.28. The third-order valence-corrected chi connectivity index (χ3v) is 4.68. The Bertz CT molecular complexity index is 455. The van der Waals surface area contributed by atoms with Gasteiger partial charge in [-0.1, -0.05) is 18.2 Å². The van der Waals surface area contributed by atoms with Crippen LogP contribution in [0.1, 0.15) is 0 Å². The molecule has 0 aliphatic carbocycles. The topological polar surface area (TPSA) is 49.9 Å². The summed E-state index contributed by atoms with van der Waals surface area (Å²) >= 11 is 0. The van der Waals surface area contributed by atoms with Crippen LogP contribution in [0.25, 0.3) is 0 Å². The molecule has 1 aromatic carbocycles. The maximum Gasteiger partial charge on any atom is 0.303 e. The molecule has 0 N–H and O–H groups in total. The van der Waals surface area contributed by atoms with Crippen molar-refractivity contribution in [1.29, 1.82) is 0 Å². The van der Waals surface area contributed by atoms with Crippen LogP contribution in [0.3, 0.4) is 0 Å². The quantitative estimate of drug-likeness (QED) is 0.800. The molecule has 6 heteroatoms. The van der Waals surface area contributed by atoms with Gasteiger partial charge >= 0.3 is 10.2 Å². The number of morpholine rings is 1. The van der Waals surface area contributed by atoms with Gasteiger partial charge in [0.1, 0.15) is 0 Å². The second-order valence-electron chi connectivity index (χ2n) is 3.82. The molecule has 0 saturated carbocycles. The Hall–Kier alpha value is -1.11. The van der Waals surface area contributed by atoms with Crippen molar-refractivity contribution in [2.24, 2.45) is 0 Å². The smallest absolute Gasteiger partial charge is 0.303 e. The highest BCUT2D eigenvalue weighted by atomic mass is 32.2. The number of nitrogens with zero attached hydrogens (tertiary/aromatic N) is 2. The van der Waals surface area contributed by atoms with Crippen LogP contribution in [0.2, 0.25) is 0 Å². The standard InChI is InChI=1S/C11H16N2O3S/c1-12(11-5-3-2-4-6-11)17(14,15)13-7-9-16-10-8-13/h2-6H,7-10H2,1H3. The van der Waals surface area contributed by atoms with Gasteiger partial charge in [-0.25, -0.2) is 0 Å². The Labute approximate surface area is 102 Å². The van der Waals surface area contributed by atoms with Gasteiger partial charge in [0.25, 0.3) is 0 Å². The molecule has 94 valence electrons. The van der Waals surface area contributed by atoms with Crippen LogP contribution in [-0.2, 0) is 14.9 Å². The van der Waals surface area contributed by atoms with E-state index in [2.05, 4.69) is 0 Å². The van der Waals surface area contributed by atoms with E-state index in [-0.39, 0.29) is 0 Å². The molecule has 0 amide bonds. The predicted molar refractivity (Wildman–Crippen MR) is 66.2 cm³/mol. The number of benzene rings is 1. The normalized spacial score (nSPS) is 17.9. The number of anilines is 1. The first-order valence-corrected chi connectivity index (χ1v) is 6.89. The van der Waals surface area contributed by atoms with Crippen molar-refractivity contribution in [1.82, 2.24) is 4.31 Å². The molecule has 0 bridgehead atoms. The minimum atomic E-state index is -3.43. The summed E-state index contributed by atoms with van der Waals surface area (Å²) in [6.07, 6.45) is 0. The Morgan fingerprint density at radius 2 is 1.76 bits per heavy atom. The molecule has 2 rings (SSSR count). The van der Waals surface area contributed by atoms with Gasteiger partial charge in [0, 0.05) is 20.1 Å². The number of para-hydroxylation sites is 1. The van der Waals surface area contributed by atoms with Crippen molar-refractivity contribution >= 4 is 15.9 Å². The first-order chi connectivity index (χ1) is 8.12. The SMILES string of the molecule is CN(c1ccccc1)S(=O)(=O)N1CCOCC1. The molecule has 1 aliphatic rings. The van der Waals surface area contributed by atoms with Gasteiger partial charge in [-0.3, -0.25) is 4.31 Å². The van der Waals surface area contributed by atoms with Crippen LogP contribution >= 0.6 is 0 Å². The van der Waals surface area contributed by atoms with E-state index in [1.807, 2.05) is 18.2 Å². The lowest BCUT2D eigenvalue weighted by molar-refractivity contribution is 0.0730. The lowest BCUT2D eigenvalue weighted by Crippen LogP contribution is -2.47. The van der Waals surface area contributed by atoms with E-state index in [1.165, 1.54) is 8.61 Å². The Balaban J connectivity index is 2.20. The average molecular weight is 256 g/mol. The van der Waals surface area contributed by atoms with E-state index in [9.17, 15) is 8.42 Å². The van der Waals surface area contributed by atoms with Crippen LogP contribution in [0, 0.1) is 0 Å². The van der Waals surface area contributed by atoms with Gasteiger partial charge in [-0.05, 0) is 12.1 Å². The highest BCUT2D eigenvalue weighted by Crippen LogP contribution is 2.18. The molecule has 0 atom stereocenters. The zero-order chi connectivity index (χ0) is 12.3. The van der Waals surface area contributed by atoms with Gasteiger partial charge in [0.05, 0.1) is 18.9 Å². The van der Waals surface area contributed by atoms with Gasteiger partial charge in [-0.2, -0.15) is 12.7 Å². The molecule has 1 saturated heterocycles. The molecule has 1 heterocycles. The Kier molecular flexibility index (Phi) is 3.66. The number of hydrogen-bond donors (Lipinski definition) is 0. The average Bonchev–Trinajstić information content (AvgIpc) is 2.40. The fourth-order valence-electron chi connectivity index (χ4n) is 1.72. The molecule has 5 nitrogen and oxygen atoms in total. The summed E-state index contributed by atoms with van der Waals surface area (Å²) in [7, 11) is -1.86. The highest BCUT2D eigenvalue weighted by molar-refractivity contribution is 7.90. The molecule has 17 heavy (non-hydrogen) atoms. The summed E-state index contributed by atoms with van der Waals surface area (Å²) in [4.78, 5) is 0. The summed E-state index contributed by atoms with van der Waals surface area (Å²) < 4.78 is 32.5. The molecule has 1 aliphatic heterocycles. The van der Waals surface area contributed by atoms with Crippen molar-refractivity contribution in [3.05, 3.63) is 30.3 Å². The van der Waals surface area contributed by atoms with Gasteiger partial charge in [0.2, 0.25) is 0 Å². The van der Waals surface area contributed by atoms with E-state index < -0.39 is 10.2 Å². The van der Waals surface area contributed by atoms with E-state index in [1.54, 1.807) is 19.2 Å². The van der Waals surface area contributed by atoms with E-state index >= 15 is 0 Å². The summed E-state index contributed by atoms with van der Waals surface area (Å²) in [5.74, 6) is 0. The van der Waals surface area contributed by atoms with E-state index in [4.69, 9.17) is 4.74 Å². The zero-order valence-corrected chi connectivity index (χ0v) is 10.6. The van der Waals surface area contributed by atoms with Gasteiger partial charge in [0.15, 0.2) is 0 Å². The number of hydrogen-bond acceptors (Lipinski definition) is 3. The summed E-state index contributed by atoms with van der Waals surface area (Å²) in [5.41, 5.74) is 0.666. The van der Waals surface area contributed by atoms with Crippen LogP contribution < -0.4 is 4.31 Å². The third kappa shape index (κ3) is 2.59. The monoisotopic (exact) mass is 256 g/mol. The fraction of sp³-hybridized carbons (Fsp3) is 0.455. The predicted octanol–water partition coefficient (Wildman–Crippen LogP) is 0.700. The van der Waals surface area contributed by atoms with Crippen molar-refractivity contribution in [3.8, 4) is 0 Å². The first kappa shape index (κ1) is 12.3. The molecular weight excluding hydrogens is 240 g/mol. The maximum absolute atomic E-state index is 12.3. The summed E-state index contributed by atoms with van der Waals surface area (Å²) in [6, 6.07) is 9.05. The molecule has 1 aromatic rings. The van der Waals surface area contributed by atoms with Crippen molar-refractivity contribution in [3.63, 3.8) is 0 Å². The number of ether oxygens (including phenoxy) is 1. The first-order valence-electron chi connectivity index (χ1n) is 5.49. The zero-order valence-electron chi connectivity index (χ0n) is 9.74. The molecule has 0 radical (unpaired) electrons. The van der Waals surface area contributed by atoms with Crippen molar-refractivity contribution in [2.75, 3.05) is 37.7 Å². The maximum atomic E-state index is 12.3. The number of rotatable bonds is 3. The minimum Gasteiger partial charge on any atom is -0.379 e. The minimum absolute atomic E-state index is 0.416. The Morgan fingerprint density at radius 1 is 1.18 bits per heavy atom.